The number of carbonyl (C=O) groups excluding carboxylic acids is 2. The Balaban J connectivity index is 2.71. The van der Waals surface area contributed by atoms with Crippen molar-refractivity contribution in [3.05, 3.63) is 28.2 Å². The van der Waals surface area contributed by atoms with Gasteiger partial charge in [0.05, 0.1) is 5.56 Å². The minimum Gasteiger partial charge on any atom is -0.359 e. The summed E-state index contributed by atoms with van der Waals surface area (Å²) in [6, 6.07) is 5.27. The van der Waals surface area contributed by atoms with Crippen LogP contribution >= 0.6 is 28.6 Å². The van der Waals surface area contributed by atoms with Crippen LogP contribution in [0.15, 0.2) is 27.6 Å². The molecule has 0 aromatic heterocycles. The van der Waals surface area contributed by atoms with Crippen LogP contribution < -0.4 is 5.32 Å². The molecule has 0 bridgehead atoms. The number of carbonyl (C=O) groups is 2. The molecule has 0 aliphatic heterocycles. The molecule has 0 atom stereocenters. The Morgan fingerprint density at radius 2 is 2.11 bits per heavy atom. The molecule has 1 aromatic carbocycles. The van der Waals surface area contributed by atoms with Crippen molar-refractivity contribution in [1.29, 1.82) is 0 Å². The number of halogens is 1. The van der Waals surface area contributed by atoms with Crippen LogP contribution in [0, 0.1) is 0 Å². The van der Waals surface area contributed by atoms with Crippen LogP contribution in [-0.2, 0) is 4.79 Å². The molecule has 98 valence electrons. The van der Waals surface area contributed by atoms with Gasteiger partial charge in [0.1, 0.15) is 0 Å². The lowest BCUT2D eigenvalue weighted by atomic mass is 10.2. The minimum absolute atomic E-state index is 0.0865. The van der Waals surface area contributed by atoms with Crippen molar-refractivity contribution in [2.45, 2.75) is 11.3 Å². The van der Waals surface area contributed by atoms with E-state index in [-0.39, 0.29) is 18.2 Å². The lowest BCUT2D eigenvalue weighted by molar-refractivity contribution is -0.120. The second kappa shape index (κ2) is 6.80. The van der Waals surface area contributed by atoms with Crippen molar-refractivity contribution in [2.75, 3.05) is 20.6 Å². The maximum absolute atomic E-state index is 12.1. The topological polar surface area (TPSA) is 49.4 Å². The summed E-state index contributed by atoms with van der Waals surface area (Å²) in [5.74, 6) is -0.229. The SMILES string of the molecule is CNC(=O)CCN(C)C(=O)c1ccc(Br)cc1S. The monoisotopic (exact) mass is 330 g/mol. The van der Waals surface area contributed by atoms with Gasteiger partial charge in [0.2, 0.25) is 5.91 Å². The molecule has 0 fully saturated rings. The summed E-state index contributed by atoms with van der Waals surface area (Å²) in [6.07, 6.45) is 0.289. The van der Waals surface area contributed by atoms with E-state index in [0.29, 0.717) is 17.0 Å². The lowest BCUT2D eigenvalue weighted by Gasteiger charge is -2.17. The van der Waals surface area contributed by atoms with Crippen molar-refractivity contribution < 1.29 is 9.59 Å². The standard InChI is InChI=1S/C12H15BrN2O2S/c1-14-11(16)5-6-15(2)12(17)9-4-3-8(13)7-10(9)18/h3-4,7,18H,5-6H2,1-2H3,(H,14,16). The first-order valence-electron chi connectivity index (χ1n) is 5.40. The van der Waals surface area contributed by atoms with Gasteiger partial charge in [0.15, 0.2) is 0 Å². The number of rotatable bonds is 4. The van der Waals surface area contributed by atoms with Gasteiger partial charge in [0, 0.05) is 36.4 Å². The third kappa shape index (κ3) is 4.03. The third-order valence-electron chi connectivity index (χ3n) is 2.49. The first kappa shape index (κ1) is 15.0. The summed E-state index contributed by atoms with van der Waals surface area (Å²) < 4.78 is 0.872. The van der Waals surface area contributed by atoms with Crippen molar-refractivity contribution in [1.82, 2.24) is 10.2 Å². The second-order valence-electron chi connectivity index (χ2n) is 3.81. The van der Waals surface area contributed by atoms with Gasteiger partial charge in [-0.15, -0.1) is 12.6 Å². The number of benzene rings is 1. The van der Waals surface area contributed by atoms with Gasteiger partial charge in [-0.25, -0.2) is 0 Å². The highest BCUT2D eigenvalue weighted by molar-refractivity contribution is 9.10. The molecule has 1 N–H and O–H groups in total. The fourth-order valence-electron chi connectivity index (χ4n) is 1.39. The van der Waals surface area contributed by atoms with Gasteiger partial charge in [-0.05, 0) is 18.2 Å². The number of thiol groups is 1. The molecule has 6 heteroatoms. The molecule has 1 rings (SSSR count). The molecule has 18 heavy (non-hydrogen) atoms. The normalized spacial score (nSPS) is 10.0. The molecule has 0 saturated heterocycles. The predicted molar refractivity (Wildman–Crippen MR) is 77.0 cm³/mol. The van der Waals surface area contributed by atoms with E-state index in [1.165, 1.54) is 4.90 Å². The molecule has 0 aliphatic carbocycles. The van der Waals surface area contributed by atoms with E-state index in [2.05, 4.69) is 33.9 Å². The van der Waals surface area contributed by atoms with Crippen molar-refractivity contribution in [3.63, 3.8) is 0 Å². The summed E-state index contributed by atoms with van der Waals surface area (Å²) in [4.78, 5) is 25.3. The number of hydrogen-bond donors (Lipinski definition) is 2. The van der Waals surface area contributed by atoms with Gasteiger partial charge in [0.25, 0.3) is 5.91 Å². The molecule has 4 nitrogen and oxygen atoms in total. The van der Waals surface area contributed by atoms with E-state index in [1.54, 1.807) is 32.3 Å². The van der Waals surface area contributed by atoms with Crippen LogP contribution in [0.4, 0.5) is 0 Å². The summed E-state index contributed by atoms with van der Waals surface area (Å²) in [7, 11) is 3.24. The molecule has 0 spiro atoms. The van der Waals surface area contributed by atoms with Crippen molar-refractivity contribution >= 4 is 40.4 Å². The predicted octanol–water partition coefficient (Wildman–Crippen LogP) is 1.95. The van der Waals surface area contributed by atoms with E-state index in [4.69, 9.17) is 0 Å². The van der Waals surface area contributed by atoms with Crippen LogP contribution in [0.1, 0.15) is 16.8 Å². The van der Waals surface area contributed by atoms with Gasteiger partial charge in [-0.3, -0.25) is 9.59 Å². The van der Waals surface area contributed by atoms with Crippen LogP contribution in [0.25, 0.3) is 0 Å². The first-order chi connectivity index (χ1) is 8.45. The highest BCUT2D eigenvalue weighted by Gasteiger charge is 2.15. The minimum atomic E-state index is -0.142. The molecule has 1 aromatic rings. The maximum atomic E-state index is 12.1. The Morgan fingerprint density at radius 3 is 2.67 bits per heavy atom. The number of amides is 2. The van der Waals surface area contributed by atoms with Crippen molar-refractivity contribution in [2.24, 2.45) is 0 Å². The lowest BCUT2D eigenvalue weighted by Crippen LogP contribution is -2.31. The number of nitrogens with zero attached hydrogens (tertiary/aromatic N) is 1. The molecule has 2 amide bonds. The van der Waals surface area contributed by atoms with E-state index < -0.39 is 0 Å². The largest absolute Gasteiger partial charge is 0.359 e. The average Bonchev–Trinajstić information content (AvgIpc) is 2.34. The first-order valence-corrected chi connectivity index (χ1v) is 6.64. The molecule has 0 unspecified atom stereocenters. The molecule has 0 radical (unpaired) electrons. The van der Waals surface area contributed by atoms with Crippen LogP contribution in [-0.4, -0.2) is 37.4 Å². The molecule has 0 heterocycles. The van der Waals surface area contributed by atoms with Crippen molar-refractivity contribution in [3.8, 4) is 0 Å². The Kier molecular flexibility index (Phi) is 5.68. The summed E-state index contributed by atoms with van der Waals surface area (Å²) in [6.45, 7) is 0.377. The smallest absolute Gasteiger partial charge is 0.254 e. The maximum Gasteiger partial charge on any atom is 0.254 e. The zero-order valence-electron chi connectivity index (χ0n) is 10.2. The van der Waals surface area contributed by atoms with Crippen LogP contribution in [0.2, 0.25) is 0 Å². The van der Waals surface area contributed by atoms with E-state index in [0.717, 1.165) is 4.47 Å². The van der Waals surface area contributed by atoms with Gasteiger partial charge in [-0.1, -0.05) is 15.9 Å². The quantitative estimate of drug-likeness (QED) is 0.829. The number of hydrogen-bond acceptors (Lipinski definition) is 3. The van der Waals surface area contributed by atoms with Crippen LogP contribution in [0.3, 0.4) is 0 Å². The molecular formula is C12H15BrN2O2S. The second-order valence-corrected chi connectivity index (χ2v) is 5.21. The highest BCUT2D eigenvalue weighted by atomic mass is 79.9. The molecular weight excluding hydrogens is 316 g/mol. The highest BCUT2D eigenvalue weighted by Crippen LogP contribution is 2.20. The number of nitrogens with one attached hydrogen (secondary N) is 1. The summed E-state index contributed by atoms with van der Waals surface area (Å²) >= 11 is 7.59. The van der Waals surface area contributed by atoms with E-state index in [9.17, 15) is 9.59 Å². The Hall–Kier alpha value is -1.01. The van der Waals surface area contributed by atoms with E-state index in [1.807, 2.05) is 0 Å². The molecule has 0 aliphatic rings. The Labute approximate surface area is 120 Å². The van der Waals surface area contributed by atoms with Gasteiger partial charge < -0.3 is 10.2 Å². The third-order valence-corrected chi connectivity index (χ3v) is 3.35. The fraction of sp³-hybridized carbons (Fsp3) is 0.333. The zero-order chi connectivity index (χ0) is 13.7. The fourth-order valence-corrected chi connectivity index (χ4v) is 2.23. The summed E-state index contributed by atoms with van der Waals surface area (Å²) in [5.41, 5.74) is 0.529. The van der Waals surface area contributed by atoms with Gasteiger partial charge in [-0.2, -0.15) is 0 Å². The van der Waals surface area contributed by atoms with E-state index >= 15 is 0 Å². The Bertz CT molecular complexity index is 465. The van der Waals surface area contributed by atoms with Crippen LogP contribution in [0.5, 0.6) is 0 Å². The average molecular weight is 331 g/mol. The van der Waals surface area contributed by atoms with Gasteiger partial charge >= 0.3 is 0 Å². The summed E-state index contributed by atoms with van der Waals surface area (Å²) in [5, 5.41) is 2.52. The zero-order valence-corrected chi connectivity index (χ0v) is 12.7. The molecule has 0 saturated carbocycles. The Morgan fingerprint density at radius 1 is 1.44 bits per heavy atom.